The lowest BCUT2D eigenvalue weighted by Gasteiger charge is -2.09. The summed E-state index contributed by atoms with van der Waals surface area (Å²) in [5.74, 6) is 1.56. The molecule has 0 radical (unpaired) electrons. The van der Waals surface area contributed by atoms with Crippen LogP contribution in [0.3, 0.4) is 0 Å². The highest BCUT2D eigenvalue weighted by Gasteiger charge is 2.06. The number of fused-ring (bicyclic) bond motifs is 1. The second-order valence-corrected chi connectivity index (χ2v) is 4.80. The number of rotatable bonds is 4. The van der Waals surface area contributed by atoms with Crippen molar-refractivity contribution in [2.75, 3.05) is 5.32 Å². The molecular formula is C15H17N5. The maximum absolute atomic E-state index is 4.43. The largest absolute Gasteiger partial charge is 0.366 e. The molecule has 1 N–H and O–H groups in total. The summed E-state index contributed by atoms with van der Waals surface area (Å²) in [5, 5.41) is 7.62. The zero-order valence-electron chi connectivity index (χ0n) is 11.7. The van der Waals surface area contributed by atoms with Gasteiger partial charge in [0.2, 0.25) is 0 Å². The third-order valence-electron chi connectivity index (χ3n) is 3.22. The number of nitrogens with zero attached hydrogens (tertiary/aromatic N) is 4. The van der Waals surface area contributed by atoms with Crippen LogP contribution < -0.4 is 5.32 Å². The minimum atomic E-state index is 0.635. The first-order valence-corrected chi connectivity index (χ1v) is 6.75. The molecule has 0 bridgehead atoms. The van der Waals surface area contributed by atoms with Crippen molar-refractivity contribution in [3.05, 3.63) is 53.5 Å². The van der Waals surface area contributed by atoms with Gasteiger partial charge in [0, 0.05) is 18.3 Å². The third-order valence-corrected chi connectivity index (χ3v) is 3.22. The van der Waals surface area contributed by atoms with Gasteiger partial charge in [-0.1, -0.05) is 36.8 Å². The molecule has 0 spiro atoms. The number of anilines is 1. The van der Waals surface area contributed by atoms with Gasteiger partial charge in [0.05, 0.1) is 0 Å². The van der Waals surface area contributed by atoms with Crippen LogP contribution in [0, 0.1) is 6.92 Å². The SMILES string of the molecule is CCc1cc(NCc2cccc(C)c2)n2ncnc2n1. The molecule has 3 aromatic rings. The summed E-state index contributed by atoms with van der Waals surface area (Å²) in [6.45, 7) is 4.93. The number of hydrogen-bond donors (Lipinski definition) is 1. The molecular weight excluding hydrogens is 250 g/mol. The molecule has 20 heavy (non-hydrogen) atoms. The van der Waals surface area contributed by atoms with Gasteiger partial charge in [-0.3, -0.25) is 0 Å². The van der Waals surface area contributed by atoms with Crippen LogP contribution in [-0.2, 0) is 13.0 Å². The van der Waals surface area contributed by atoms with Crippen LogP contribution in [0.15, 0.2) is 36.7 Å². The van der Waals surface area contributed by atoms with Crippen molar-refractivity contribution in [3.8, 4) is 0 Å². The van der Waals surface area contributed by atoms with Gasteiger partial charge in [0.15, 0.2) is 0 Å². The molecule has 0 atom stereocenters. The molecule has 1 aromatic carbocycles. The molecule has 2 heterocycles. The van der Waals surface area contributed by atoms with Crippen LogP contribution >= 0.6 is 0 Å². The Labute approximate surface area is 117 Å². The van der Waals surface area contributed by atoms with E-state index < -0.39 is 0 Å². The van der Waals surface area contributed by atoms with Crippen LogP contribution in [0.1, 0.15) is 23.7 Å². The molecule has 0 unspecified atom stereocenters. The lowest BCUT2D eigenvalue weighted by atomic mass is 10.1. The molecule has 0 aliphatic rings. The Morgan fingerprint density at radius 2 is 2.15 bits per heavy atom. The van der Waals surface area contributed by atoms with E-state index in [2.05, 4.69) is 58.5 Å². The summed E-state index contributed by atoms with van der Waals surface area (Å²) in [6.07, 6.45) is 2.40. The van der Waals surface area contributed by atoms with Crippen molar-refractivity contribution >= 4 is 11.6 Å². The summed E-state index contributed by atoms with van der Waals surface area (Å²) in [6, 6.07) is 10.5. The van der Waals surface area contributed by atoms with Crippen LogP contribution in [0.5, 0.6) is 0 Å². The van der Waals surface area contributed by atoms with Gasteiger partial charge in [-0.05, 0) is 18.9 Å². The summed E-state index contributed by atoms with van der Waals surface area (Å²) in [4.78, 5) is 8.59. The summed E-state index contributed by atoms with van der Waals surface area (Å²) in [5.41, 5.74) is 3.52. The second kappa shape index (κ2) is 5.28. The maximum Gasteiger partial charge on any atom is 0.254 e. The number of aryl methyl sites for hydroxylation is 2. The summed E-state index contributed by atoms with van der Waals surface area (Å²) < 4.78 is 1.73. The van der Waals surface area contributed by atoms with Crippen molar-refractivity contribution < 1.29 is 0 Å². The van der Waals surface area contributed by atoms with E-state index in [1.165, 1.54) is 17.5 Å². The van der Waals surface area contributed by atoms with E-state index in [0.717, 1.165) is 24.5 Å². The fraction of sp³-hybridized carbons (Fsp3) is 0.267. The van der Waals surface area contributed by atoms with E-state index in [4.69, 9.17) is 0 Å². The molecule has 5 nitrogen and oxygen atoms in total. The highest BCUT2D eigenvalue weighted by Crippen LogP contribution is 2.13. The molecule has 2 aromatic heterocycles. The van der Waals surface area contributed by atoms with Crippen molar-refractivity contribution in [2.24, 2.45) is 0 Å². The molecule has 3 rings (SSSR count). The average Bonchev–Trinajstić information content (AvgIpc) is 2.93. The van der Waals surface area contributed by atoms with E-state index in [9.17, 15) is 0 Å². The molecule has 5 heteroatoms. The third kappa shape index (κ3) is 2.47. The quantitative estimate of drug-likeness (QED) is 0.789. The lowest BCUT2D eigenvalue weighted by Crippen LogP contribution is -2.07. The van der Waals surface area contributed by atoms with Gasteiger partial charge in [0.1, 0.15) is 12.1 Å². The van der Waals surface area contributed by atoms with E-state index in [-0.39, 0.29) is 0 Å². The topological polar surface area (TPSA) is 55.1 Å². The molecule has 0 saturated heterocycles. The first-order valence-electron chi connectivity index (χ1n) is 6.75. The molecule has 0 amide bonds. The van der Waals surface area contributed by atoms with Crippen molar-refractivity contribution in [3.63, 3.8) is 0 Å². The standard InChI is InChI=1S/C15H17N5/c1-3-13-8-14(20-15(19-13)17-10-18-20)16-9-12-6-4-5-11(2)7-12/h4-8,10,16H,3,9H2,1-2H3. The predicted molar refractivity (Wildman–Crippen MR) is 78.7 cm³/mol. The Hall–Kier alpha value is -2.43. The minimum Gasteiger partial charge on any atom is -0.366 e. The van der Waals surface area contributed by atoms with E-state index >= 15 is 0 Å². The predicted octanol–water partition coefficient (Wildman–Crippen LogP) is 2.61. The van der Waals surface area contributed by atoms with Crippen LogP contribution in [0.2, 0.25) is 0 Å². The average molecular weight is 267 g/mol. The van der Waals surface area contributed by atoms with Gasteiger partial charge >= 0.3 is 0 Å². The van der Waals surface area contributed by atoms with E-state index in [0.29, 0.717) is 5.78 Å². The van der Waals surface area contributed by atoms with Crippen LogP contribution in [-0.4, -0.2) is 19.6 Å². The molecule has 0 fully saturated rings. The van der Waals surface area contributed by atoms with Crippen molar-refractivity contribution in [2.45, 2.75) is 26.8 Å². The first kappa shape index (κ1) is 12.6. The van der Waals surface area contributed by atoms with E-state index in [1.54, 1.807) is 4.52 Å². The summed E-state index contributed by atoms with van der Waals surface area (Å²) in [7, 11) is 0. The van der Waals surface area contributed by atoms with Gasteiger partial charge in [0.25, 0.3) is 5.78 Å². The number of benzene rings is 1. The van der Waals surface area contributed by atoms with Crippen molar-refractivity contribution in [1.29, 1.82) is 0 Å². The zero-order valence-corrected chi connectivity index (χ0v) is 11.7. The lowest BCUT2D eigenvalue weighted by molar-refractivity contribution is 0.901. The Morgan fingerprint density at radius 1 is 1.25 bits per heavy atom. The monoisotopic (exact) mass is 267 g/mol. The zero-order chi connectivity index (χ0) is 13.9. The fourth-order valence-corrected chi connectivity index (χ4v) is 2.18. The van der Waals surface area contributed by atoms with Gasteiger partial charge in [-0.25, -0.2) is 4.98 Å². The van der Waals surface area contributed by atoms with Crippen LogP contribution in [0.4, 0.5) is 5.82 Å². The van der Waals surface area contributed by atoms with Gasteiger partial charge in [-0.15, -0.1) is 0 Å². The maximum atomic E-state index is 4.43. The Bertz CT molecular complexity index is 732. The normalized spacial score (nSPS) is 10.9. The van der Waals surface area contributed by atoms with Gasteiger partial charge in [-0.2, -0.15) is 14.6 Å². The minimum absolute atomic E-state index is 0.635. The number of aromatic nitrogens is 4. The van der Waals surface area contributed by atoms with E-state index in [1.807, 2.05) is 6.07 Å². The second-order valence-electron chi connectivity index (χ2n) is 4.80. The molecule has 0 aliphatic heterocycles. The van der Waals surface area contributed by atoms with Crippen molar-refractivity contribution in [1.82, 2.24) is 19.6 Å². The van der Waals surface area contributed by atoms with Crippen LogP contribution in [0.25, 0.3) is 5.78 Å². The summed E-state index contributed by atoms with van der Waals surface area (Å²) >= 11 is 0. The highest BCUT2D eigenvalue weighted by molar-refractivity contribution is 5.45. The van der Waals surface area contributed by atoms with Gasteiger partial charge < -0.3 is 5.32 Å². The molecule has 0 saturated carbocycles. The molecule has 0 aliphatic carbocycles. The smallest absolute Gasteiger partial charge is 0.254 e. The highest BCUT2D eigenvalue weighted by atomic mass is 15.3. The Morgan fingerprint density at radius 3 is 2.95 bits per heavy atom. The fourth-order valence-electron chi connectivity index (χ4n) is 2.18. The Balaban J connectivity index is 1.88. The number of hydrogen-bond acceptors (Lipinski definition) is 4. The molecule has 102 valence electrons. The number of nitrogens with one attached hydrogen (secondary N) is 1. The Kier molecular flexibility index (Phi) is 3.33. The first-order chi connectivity index (χ1) is 9.76.